The molecular formula is C100H72I6N18. The van der Waals surface area contributed by atoms with Crippen molar-refractivity contribution in [1.29, 1.82) is 0 Å². The highest BCUT2D eigenvalue weighted by atomic mass is 127. The van der Waals surface area contributed by atoms with Crippen molar-refractivity contribution in [3.63, 3.8) is 0 Å². The number of nitrogens with zero attached hydrogens (tertiary/aromatic N) is 18. The van der Waals surface area contributed by atoms with Crippen LogP contribution in [0.25, 0.3) is 175 Å². The number of aromatic nitrogens is 18. The minimum atomic E-state index is -0.0577. The van der Waals surface area contributed by atoms with E-state index < -0.39 is 0 Å². The molecule has 0 spiro atoms. The number of aryl methyl sites for hydroxylation is 2. The summed E-state index contributed by atoms with van der Waals surface area (Å²) in [5, 5.41) is 74.2. The number of benzene rings is 13. The molecule has 604 valence electrons. The lowest BCUT2D eigenvalue weighted by Gasteiger charge is -2.18. The Morgan fingerprint density at radius 1 is 0.282 bits per heavy atom. The maximum atomic E-state index is 4.51. The van der Waals surface area contributed by atoms with E-state index in [2.05, 4.69) is 515 Å². The standard InChI is InChI=1S/C20H12IN3.C18H16IN3.C17H14IN3.C16H12IN3.C15H10IN3.C14H8IN3/c21-14-10-11-18-17(12-14)15-8-4-5-9-16(15)20-23-22-19(24(18)20)13-6-2-1-3-7-13;1-18(2,3)17-21-20-16-13-7-5-4-6-12(13)14-10-11(19)8-9-15(14)22(16)17;1-10(2)16-19-20-17-13-6-4-3-5-12(13)14-9-11(18)7-8-15(14)21(16)17;1-2-15-18-19-16-12-6-4-3-5-11(12)13-9-10(17)7-8-14(13)20(15)16;1-9-17-18-15-12-5-3-2-4-11(12)13-8-10(16)6-7-14(13)19(9)15;15-9-5-6-13-12(7-9)10-3-1-2-4-11(10)14-17-16-8-18(13)14/h1-12H;4-10H,1-3H3;3-10H,1-2H3;3-9H,2H2,1H3;2-8H,1H3;1-8H. The van der Waals surface area contributed by atoms with E-state index in [4.69, 9.17) is 0 Å². The van der Waals surface area contributed by atoms with Gasteiger partial charge in [-0.05, 0) is 284 Å². The molecule has 0 aliphatic carbocycles. The van der Waals surface area contributed by atoms with Crippen LogP contribution in [0.5, 0.6) is 0 Å². The Hall–Kier alpha value is -10.9. The first-order valence-electron chi connectivity index (χ1n) is 40.4. The van der Waals surface area contributed by atoms with E-state index in [1.807, 2.05) is 41.7 Å². The molecule has 0 radical (unpaired) electrons. The summed E-state index contributed by atoms with van der Waals surface area (Å²) in [4.78, 5) is 0. The van der Waals surface area contributed by atoms with Gasteiger partial charge in [-0.2, -0.15) is 0 Å². The molecule has 25 rings (SSSR count). The number of pyridine rings is 6. The number of hydrogen-bond donors (Lipinski definition) is 0. The lowest BCUT2D eigenvalue weighted by Crippen LogP contribution is -2.16. The molecule has 0 saturated carbocycles. The predicted molar refractivity (Wildman–Crippen MR) is 557 cm³/mol. The van der Waals surface area contributed by atoms with Gasteiger partial charge in [0.2, 0.25) is 0 Å². The van der Waals surface area contributed by atoms with Crippen molar-refractivity contribution in [3.05, 3.63) is 336 Å². The monoisotopic (exact) mass is 2290 g/mol. The summed E-state index contributed by atoms with van der Waals surface area (Å²) in [6.07, 6.45) is 2.65. The number of rotatable bonds is 3. The van der Waals surface area contributed by atoms with Crippen LogP contribution in [-0.4, -0.2) is 87.6 Å². The van der Waals surface area contributed by atoms with Gasteiger partial charge < -0.3 is 0 Å². The summed E-state index contributed by atoms with van der Waals surface area (Å²) in [7, 11) is 0. The SMILES string of the molecule is CC(C)(C)c1nnc2c3ccccc3c3cc(I)ccc3n12.CC(C)c1nnc2c3ccccc3c3cc(I)ccc3n12.CCc1nnc2c3ccccc3c3cc(I)ccc3n12.Cc1nnc2c3ccccc3c3cc(I)ccc3n12.Ic1ccc2c(c1)c1ccccc1c1nnc(-c3ccccc3)n21.Ic1ccc2c(c1)c1ccccc1c1nncn21. The number of halogens is 6. The van der Waals surface area contributed by atoms with Crippen molar-refractivity contribution in [1.82, 2.24) is 87.6 Å². The number of fused-ring (bicyclic) bond motifs is 36. The van der Waals surface area contributed by atoms with Gasteiger partial charge in [-0.1, -0.05) is 217 Å². The Labute approximate surface area is 791 Å². The van der Waals surface area contributed by atoms with Gasteiger partial charge in [0, 0.05) is 109 Å². The fraction of sp³-hybridized carbons (Fsp3) is 0.100. The molecule has 0 N–H and O–H groups in total. The molecule has 13 aromatic carbocycles. The first-order chi connectivity index (χ1) is 60.3. The third-order valence-electron chi connectivity index (χ3n) is 22.6. The lowest BCUT2D eigenvalue weighted by molar-refractivity contribution is 0.541. The van der Waals surface area contributed by atoms with Crippen LogP contribution < -0.4 is 0 Å². The third-order valence-corrected chi connectivity index (χ3v) is 26.6. The number of hydrogen-bond acceptors (Lipinski definition) is 12. The van der Waals surface area contributed by atoms with Crippen molar-refractivity contribution in [2.75, 3.05) is 0 Å². The van der Waals surface area contributed by atoms with E-state index in [0.717, 1.165) is 124 Å². The summed E-state index contributed by atoms with van der Waals surface area (Å²) < 4.78 is 20.4. The highest BCUT2D eigenvalue weighted by Crippen LogP contribution is 2.40. The van der Waals surface area contributed by atoms with E-state index in [1.54, 1.807) is 6.33 Å². The summed E-state index contributed by atoms with van der Waals surface area (Å²) >= 11 is 14.1. The van der Waals surface area contributed by atoms with E-state index in [-0.39, 0.29) is 5.41 Å². The Balaban J connectivity index is 0.0000000944. The maximum Gasteiger partial charge on any atom is 0.169 e. The maximum absolute atomic E-state index is 4.51. The fourth-order valence-corrected chi connectivity index (χ4v) is 20.1. The van der Waals surface area contributed by atoms with Crippen molar-refractivity contribution in [3.8, 4) is 11.4 Å². The van der Waals surface area contributed by atoms with Crippen molar-refractivity contribution in [2.24, 2.45) is 0 Å². The molecule has 0 amide bonds. The average Bonchev–Trinajstić information content (AvgIpc) is 1.54. The molecule has 12 aromatic heterocycles. The minimum Gasteiger partial charge on any atom is -0.281 e. The van der Waals surface area contributed by atoms with Crippen molar-refractivity contribution >= 4 is 299 Å². The van der Waals surface area contributed by atoms with Crippen LogP contribution in [-0.2, 0) is 11.8 Å². The smallest absolute Gasteiger partial charge is 0.169 e. The highest BCUT2D eigenvalue weighted by molar-refractivity contribution is 14.1. The van der Waals surface area contributed by atoms with E-state index >= 15 is 0 Å². The second-order valence-corrected chi connectivity index (χ2v) is 39.1. The fourth-order valence-electron chi connectivity index (χ4n) is 17.1. The predicted octanol–water partition coefficient (Wildman–Crippen LogP) is 26.8. The largest absolute Gasteiger partial charge is 0.281 e. The van der Waals surface area contributed by atoms with Crippen LogP contribution in [0.3, 0.4) is 0 Å². The average molecular weight is 2290 g/mol. The zero-order chi connectivity index (χ0) is 84.9. The van der Waals surface area contributed by atoms with Gasteiger partial charge in [0.25, 0.3) is 0 Å². The second kappa shape index (κ2) is 33.5. The van der Waals surface area contributed by atoms with Crippen LogP contribution in [0.4, 0.5) is 0 Å². The van der Waals surface area contributed by atoms with E-state index in [0.29, 0.717) is 5.92 Å². The van der Waals surface area contributed by atoms with Gasteiger partial charge >= 0.3 is 0 Å². The van der Waals surface area contributed by atoms with Gasteiger partial charge in [0.1, 0.15) is 29.6 Å². The molecule has 0 bridgehead atoms. The summed E-state index contributed by atoms with van der Waals surface area (Å²) in [5.41, 5.74) is 13.6. The van der Waals surface area contributed by atoms with Gasteiger partial charge in [-0.15, -0.1) is 61.2 Å². The molecule has 0 aliphatic rings. The molecule has 124 heavy (non-hydrogen) atoms. The summed E-state index contributed by atoms with van der Waals surface area (Å²) in [6, 6.07) is 99.7. The molecule has 0 saturated heterocycles. The first-order valence-corrected chi connectivity index (χ1v) is 46.9. The molecule has 0 fully saturated rings. The quantitative estimate of drug-likeness (QED) is 0.121. The Morgan fingerprint density at radius 3 is 1.02 bits per heavy atom. The first kappa shape index (κ1) is 81.4. The van der Waals surface area contributed by atoms with Crippen LogP contribution in [0.15, 0.2) is 291 Å². The molecule has 18 nitrogen and oxygen atoms in total. The van der Waals surface area contributed by atoms with Gasteiger partial charge in [0.05, 0.1) is 33.1 Å². The Morgan fingerprint density at radius 2 is 0.597 bits per heavy atom. The highest BCUT2D eigenvalue weighted by Gasteiger charge is 2.26. The van der Waals surface area contributed by atoms with Gasteiger partial charge in [0.15, 0.2) is 39.7 Å². The van der Waals surface area contributed by atoms with Crippen molar-refractivity contribution < 1.29 is 0 Å². The zero-order valence-electron chi connectivity index (χ0n) is 67.8. The normalized spacial score (nSPS) is 11.9. The molecule has 0 unspecified atom stereocenters. The van der Waals surface area contributed by atoms with Gasteiger partial charge in [-0.25, -0.2) is 0 Å². The summed E-state index contributed by atoms with van der Waals surface area (Å²) in [5.74, 6) is 5.16. The molecule has 0 atom stereocenters. The van der Waals surface area contributed by atoms with E-state index in [1.165, 1.54) is 103 Å². The van der Waals surface area contributed by atoms with Crippen LogP contribution in [0.2, 0.25) is 0 Å². The minimum absolute atomic E-state index is 0.0577. The lowest BCUT2D eigenvalue weighted by atomic mass is 9.95. The van der Waals surface area contributed by atoms with Gasteiger partial charge in [-0.3, -0.25) is 26.4 Å². The van der Waals surface area contributed by atoms with Crippen LogP contribution >= 0.6 is 136 Å². The topological polar surface area (TPSA) is 181 Å². The third kappa shape index (κ3) is 14.6. The van der Waals surface area contributed by atoms with Crippen LogP contribution in [0.1, 0.15) is 70.8 Å². The molecule has 0 aliphatic heterocycles. The molecule has 12 heterocycles. The summed E-state index contributed by atoms with van der Waals surface area (Å²) in [6.45, 7) is 15.0. The zero-order valence-corrected chi connectivity index (χ0v) is 80.8. The molecule has 25 aromatic rings. The Bertz CT molecular complexity index is 8580. The van der Waals surface area contributed by atoms with Crippen LogP contribution in [0, 0.1) is 28.3 Å². The second-order valence-electron chi connectivity index (χ2n) is 31.7. The van der Waals surface area contributed by atoms with Crippen molar-refractivity contribution in [2.45, 2.75) is 66.2 Å². The van der Waals surface area contributed by atoms with E-state index in [9.17, 15) is 0 Å². The molecule has 24 heteroatoms. The molecular weight excluding hydrogens is 2210 g/mol. The Kier molecular flexibility index (Phi) is 22.0.